The van der Waals surface area contributed by atoms with Gasteiger partial charge in [-0.25, -0.2) is 9.48 Å². The van der Waals surface area contributed by atoms with E-state index in [0.717, 1.165) is 11.3 Å². The SMILES string of the molecule is COc1c(CNC(=O)NC[C@@H](C)c2cccc(C)c2)c(C)nn1C. The van der Waals surface area contributed by atoms with Gasteiger partial charge in [0.15, 0.2) is 0 Å². The maximum Gasteiger partial charge on any atom is 0.315 e. The Morgan fingerprint density at radius 2 is 2.08 bits per heavy atom. The minimum absolute atomic E-state index is 0.195. The number of carbonyl (C=O) groups is 1. The lowest BCUT2D eigenvalue weighted by Crippen LogP contribution is -2.37. The summed E-state index contributed by atoms with van der Waals surface area (Å²) in [5.41, 5.74) is 4.19. The minimum atomic E-state index is -0.195. The molecule has 1 atom stereocenters. The second kappa shape index (κ2) is 7.86. The third-order valence-corrected chi connectivity index (χ3v) is 4.09. The fourth-order valence-corrected chi connectivity index (χ4v) is 2.71. The summed E-state index contributed by atoms with van der Waals surface area (Å²) < 4.78 is 7.00. The van der Waals surface area contributed by atoms with Crippen LogP contribution in [0.25, 0.3) is 0 Å². The number of rotatable bonds is 6. The van der Waals surface area contributed by atoms with Crippen LogP contribution in [0.3, 0.4) is 0 Å². The maximum atomic E-state index is 12.0. The third-order valence-electron chi connectivity index (χ3n) is 4.09. The van der Waals surface area contributed by atoms with Crippen molar-refractivity contribution in [3.05, 3.63) is 46.6 Å². The first-order valence-electron chi connectivity index (χ1n) is 8.07. The van der Waals surface area contributed by atoms with Crippen molar-refractivity contribution in [3.63, 3.8) is 0 Å². The van der Waals surface area contributed by atoms with Crippen molar-refractivity contribution in [2.24, 2.45) is 7.05 Å². The van der Waals surface area contributed by atoms with Crippen molar-refractivity contribution >= 4 is 6.03 Å². The van der Waals surface area contributed by atoms with Gasteiger partial charge in [-0.3, -0.25) is 0 Å². The van der Waals surface area contributed by atoms with Crippen molar-refractivity contribution in [2.45, 2.75) is 33.2 Å². The third kappa shape index (κ3) is 4.28. The molecule has 0 spiro atoms. The van der Waals surface area contributed by atoms with E-state index < -0.39 is 0 Å². The molecule has 0 saturated heterocycles. The molecule has 0 aliphatic heterocycles. The fourth-order valence-electron chi connectivity index (χ4n) is 2.71. The number of urea groups is 1. The van der Waals surface area contributed by atoms with E-state index in [-0.39, 0.29) is 11.9 Å². The van der Waals surface area contributed by atoms with Gasteiger partial charge in [0.2, 0.25) is 5.88 Å². The average Bonchev–Trinajstić information content (AvgIpc) is 2.83. The zero-order valence-corrected chi connectivity index (χ0v) is 15.0. The normalized spacial score (nSPS) is 11.9. The van der Waals surface area contributed by atoms with Gasteiger partial charge in [0, 0.05) is 13.6 Å². The average molecular weight is 330 g/mol. The van der Waals surface area contributed by atoms with Gasteiger partial charge in [-0.2, -0.15) is 5.10 Å². The number of aryl methyl sites for hydroxylation is 3. The van der Waals surface area contributed by atoms with Crippen LogP contribution in [0.15, 0.2) is 24.3 Å². The van der Waals surface area contributed by atoms with Gasteiger partial charge in [-0.05, 0) is 25.3 Å². The highest BCUT2D eigenvalue weighted by Crippen LogP contribution is 2.20. The number of methoxy groups -OCH3 is 1. The summed E-state index contributed by atoms with van der Waals surface area (Å²) in [4.78, 5) is 12.0. The van der Waals surface area contributed by atoms with E-state index in [4.69, 9.17) is 4.74 Å². The minimum Gasteiger partial charge on any atom is -0.481 e. The van der Waals surface area contributed by atoms with Crippen molar-refractivity contribution < 1.29 is 9.53 Å². The first kappa shape index (κ1) is 17.8. The lowest BCUT2D eigenvalue weighted by atomic mass is 9.99. The molecule has 0 aliphatic carbocycles. The molecule has 0 fully saturated rings. The van der Waals surface area contributed by atoms with E-state index in [1.165, 1.54) is 11.1 Å². The summed E-state index contributed by atoms with van der Waals surface area (Å²) in [6.07, 6.45) is 0. The maximum absolute atomic E-state index is 12.0. The molecule has 1 heterocycles. The fraction of sp³-hybridized carbons (Fsp3) is 0.444. The van der Waals surface area contributed by atoms with Gasteiger partial charge in [0.1, 0.15) is 0 Å². The molecular formula is C18H26N4O2. The Morgan fingerprint density at radius 3 is 2.75 bits per heavy atom. The molecule has 24 heavy (non-hydrogen) atoms. The van der Waals surface area contributed by atoms with Crippen LogP contribution >= 0.6 is 0 Å². The number of hydrogen-bond donors (Lipinski definition) is 2. The van der Waals surface area contributed by atoms with E-state index in [2.05, 4.69) is 47.8 Å². The predicted molar refractivity (Wildman–Crippen MR) is 94.3 cm³/mol. The molecule has 6 nitrogen and oxygen atoms in total. The Labute approximate surface area is 143 Å². The Bertz CT molecular complexity index is 709. The molecule has 130 valence electrons. The highest BCUT2D eigenvalue weighted by Gasteiger charge is 2.15. The number of benzene rings is 1. The standard InChI is InChI=1S/C18H26N4O2/c1-12-7-6-8-15(9-12)13(2)10-19-18(23)20-11-16-14(3)21-22(4)17(16)24-5/h6-9,13H,10-11H2,1-5H3,(H2,19,20,23)/t13-/m1/s1. The van der Waals surface area contributed by atoms with E-state index in [9.17, 15) is 4.79 Å². The van der Waals surface area contributed by atoms with Gasteiger partial charge >= 0.3 is 6.03 Å². The number of carbonyl (C=O) groups excluding carboxylic acids is 1. The highest BCUT2D eigenvalue weighted by atomic mass is 16.5. The van der Waals surface area contributed by atoms with Gasteiger partial charge in [0.05, 0.1) is 24.9 Å². The van der Waals surface area contributed by atoms with Gasteiger partial charge < -0.3 is 15.4 Å². The van der Waals surface area contributed by atoms with Gasteiger partial charge in [0.25, 0.3) is 0 Å². The van der Waals surface area contributed by atoms with E-state index in [1.54, 1.807) is 11.8 Å². The second-order valence-corrected chi connectivity index (χ2v) is 6.08. The predicted octanol–water partition coefficient (Wildman–Crippen LogP) is 2.65. The van der Waals surface area contributed by atoms with Gasteiger partial charge in [-0.1, -0.05) is 36.8 Å². The van der Waals surface area contributed by atoms with E-state index in [1.807, 2.05) is 20.0 Å². The van der Waals surface area contributed by atoms with Crippen molar-refractivity contribution in [1.29, 1.82) is 0 Å². The molecular weight excluding hydrogens is 304 g/mol. The smallest absolute Gasteiger partial charge is 0.315 e. The molecule has 0 radical (unpaired) electrons. The van der Waals surface area contributed by atoms with E-state index in [0.29, 0.717) is 19.0 Å². The number of aromatic nitrogens is 2. The molecule has 6 heteroatoms. The Morgan fingerprint density at radius 1 is 1.33 bits per heavy atom. The van der Waals surface area contributed by atoms with Crippen LogP contribution in [0.1, 0.15) is 35.2 Å². The summed E-state index contributed by atoms with van der Waals surface area (Å²) in [7, 11) is 3.42. The molecule has 0 aliphatic rings. The molecule has 2 amide bonds. The van der Waals surface area contributed by atoms with Crippen molar-refractivity contribution in [1.82, 2.24) is 20.4 Å². The number of amides is 2. The first-order chi connectivity index (χ1) is 11.4. The topological polar surface area (TPSA) is 68.2 Å². The summed E-state index contributed by atoms with van der Waals surface area (Å²) in [6.45, 7) is 7.03. The summed E-state index contributed by atoms with van der Waals surface area (Å²) in [5.74, 6) is 0.922. The van der Waals surface area contributed by atoms with Crippen molar-refractivity contribution in [3.8, 4) is 5.88 Å². The summed E-state index contributed by atoms with van der Waals surface area (Å²) in [6, 6.07) is 8.15. The van der Waals surface area contributed by atoms with E-state index >= 15 is 0 Å². The molecule has 2 N–H and O–H groups in total. The quantitative estimate of drug-likeness (QED) is 0.855. The molecule has 0 saturated carbocycles. The number of hydrogen-bond acceptors (Lipinski definition) is 3. The van der Waals surface area contributed by atoms with Crippen LogP contribution in [-0.2, 0) is 13.6 Å². The van der Waals surface area contributed by atoms with Crippen LogP contribution in [0.4, 0.5) is 4.79 Å². The van der Waals surface area contributed by atoms with Crippen LogP contribution in [0, 0.1) is 13.8 Å². The zero-order valence-electron chi connectivity index (χ0n) is 15.0. The number of ether oxygens (including phenoxy) is 1. The summed E-state index contributed by atoms with van der Waals surface area (Å²) >= 11 is 0. The second-order valence-electron chi connectivity index (χ2n) is 6.08. The largest absolute Gasteiger partial charge is 0.481 e. The zero-order chi connectivity index (χ0) is 17.7. The van der Waals surface area contributed by atoms with Crippen LogP contribution < -0.4 is 15.4 Å². The molecule has 1 aromatic heterocycles. The first-order valence-corrected chi connectivity index (χ1v) is 8.07. The Hall–Kier alpha value is -2.50. The van der Waals surface area contributed by atoms with Gasteiger partial charge in [-0.15, -0.1) is 0 Å². The monoisotopic (exact) mass is 330 g/mol. The van der Waals surface area contributed by atoms with Crippen LogP contribution in [0.5, 0.6) is 5.88 Å². The molecule has 2 rings (SSSR count). The lowest BCUT2D eigenvalue weighted by Gasteiger charge is -2.14. The summed E-state index contributed by atoms with van der Waals surface area (Å²) in [5, 5.41) is 10.1. The molecule has 1 aromatic carbocycles. The molecule has 0 unspecified atom stereocenters. The molecule has 2 aromatic rings. The van der Waals surface area contributed by atoms with Crippen molar-refractivity contribution in [2.75, 3.05) is 13.7 Å². The number of nitrogens with one attached hydrogen (secondary N) is 2. The molecule has 0 bridgehead atoms. The van der Waals surface area contributed by atoms with Crippen LogP contribution in [0.2, 0.25) is 0 Å². The lowest BCUT2D eigenvalue weighted by molar-refractivity contribution is 0.240. The number of nitrogens with zero attached hydrogens (tertiary/aromatic N) is 2. The van der Waals surface area contributed by atoms with Crippen LogP contribution in [-0.4, -0.2) is 29.5 Å². The Balaban J connectivity index is 1.86. The Kier molecular flexibility index (Phi) is 5.84. The highest BCUT2D eigenvalue weighted by molar-refractivity contribution is 5.74.